The molecule has 0 spiro atoms. The summed E-state index contributed by atoms with van der Waals surface area (Å²) >= 11 is 0. The van der Waals surface area contributed by atoms with Gasteiger partial charge >= 0.3 is 0 Å². The zero-order valence-corrected chi connectivity index (χ0v) is 25.9. The Morgan fingerprint density at radius 3 is 1.73 bits per heavy atom. The highest BCUT2D eigenvalue weighted by molar-refractivity contribution is 7.90. The minimum absolute atomic E-state index is 0.0195. The number of fused-ring (bicyclic) bond motifs is 2. The maximum absolute atomic E-state index is 13.8. The average molecular weight is 642 g/mol. The molecule has 1 atom stereocenters. The van der Waals surface area contributed by atoms with Crippen molar-refractivity contribution in [1.82, 2.24) is 13.9 Å². The summed E-state index contributed by atoms with van der Waals surface area (Å²) in [5.41, 5.74) is 0.687. The zero-order chi connectivity index (χ0) is 31.6. The molecule has 6 rings (SSSR count). The van der Waals surface area contributed by atoms with Crippen LogP contribution in [0.2, 0.25) is 0 Å². The lowest BCUT2D eigenvalue weighted by molar-refractivity contribution is -0.142. The van der Waals surface area contributed by atoms with E-state index in [4.69, 9.17) is 0 Å². The number of carbonyl (C=O) groups is 2. The van der Waals surface area contributed by atoms with Crippen LogP contribution < -0.4 is 4.72 Å². The van der Waals surface area contributed by atoms with Crippen molar-refractivity contribution in [1.29, 1.82) is 0 Å². The van der Waals surface area contributed by atoms with E-state index in [1.165, 1.54) is 21.3 Å². The molecule has 0 bridgehead atoms. The van der Waals surface area contributed by atoms with Crippen LogP contribution in [0.4, 0.5) is 0 Å². The highest BCUT2D eigenvalue weighted by Gasteiger charge is 2.37. The summed E-state index contributed by atoms with van der Waals surface area (Å²) in [6.45, 7) is 0.190. The van der Waals surface area contributed by atoms with Crippen LogP contribution in [-0.2, 0) is 36.1 Å². The lowest BCUT2D eigenvalue weighted by Crippen LogP contribution is -2.54. The van der Waals surface area contributed by atoms with Gasteiger partial charge in [-0.05, 0) is 57.8 Å². The van der Waals surface area contributed by atoms with E-state index in [9.17, 15) is 26.4 Å². The van der Waals surface area contributed by atoms with E-state index in [0.717, 1.165) is 16.2 Å². The van der Waals surface area contributed by atoms with Crippen LogP contribution in [-0.4, -0.2) is 64.0 Å². The fraction of sp³-hybridized carbons (Fsp3) is 0.176. The number of amides is 2. The normalized spacial score (nSPS) is 15.2. The molecule has 0 aliphatic carbocycles. The number of nitrogens with zero attached hydrogens (tertiary/aromatic N) is 2. The van der Waals surface area contributed by atoms with Crippen molar-refractivity contribution in [3.05, 3.63) is 121 Å². The Morgan fingerprint density at radius 2 is 1.13 bits per heavy atom. The summed E-state index contributed by atoms with van der Waals surface area (Å²) in [5.74, 6) is -2.85. The average Bonchev–Trinajstić information content (AvgIpc) is 3.06. The molecule has 230 valence electrons. The Kier molecular flexibility index (Phi) is 8.41. The smallest absolute Gasteiger partial charge is 0.264 e. The van der Waals surface area contributed by atoms with E-state index in [-0.39, 0.29) is 42.4 Å². The maximum atomic E-state index is 13.8. The predicted octanol–water partition coefficient (Wildman–Crippen LogP) is 4.19. The van der Waals surface area contributed by atoms with E-state index in [0.29, 0.717) is 10.9 Å². The fourth-order valence-corrected chi connectivity index (χ4v) is 8.10. The third-order valence-corrected chi connectivity index (χ3v) is 11.3. The second kappa shape index (κ2) is 12.4. The number of rotatable bonds is 8. The first-order valence-electron chi connectivity index (χ1n) is 14.5. The van der Waals surface area contributed by atoms with Gasteiger partial charge in [0, 0.05) is 26.2 Å². The minimum atomic E-state index is -4.28. The van der Waals surface area contributed by atoms with Gasteiger partial charge in [0.15, 0.2) is 0 Å². The number of piperazine rings is 1. The van der Waals surface area contributed by atoms with E-state index >= 15 is 0 Å². The van der Waals surface area contributed by atoms with Gasteiger partial charge in [0.2, 0.25) is 21.8 Å². The van der Waals surface area contributed by atoms with Crippen molar-refractivity contribution in [3.8, 4) is 0 Å². The zero-order valence-electron chi connectivity index (χ0n) is 24.2. The number of benzene rings is 5. The molecule has 1 saturated heterocycles. The molecule has 9 nitrogen and oxygen atoms in total. The Labute approximate surface area is 262 Å². The molecule has 1 heterocycles. The lowest BCUT2D eigenvalue weighted by atomic mass is 9.97. The van der Waals surface area contributed by atoms with Gasteiger partial charge in [-0.1, -0.05) is 91.0 Å². The van der Waals surface area contributed by atoms with Crippen LogP contribution >= 0.6 is 0 Å². The SMILES string of the molecule is O=C(NS(=O)(=O)c1ccc2ccccc2c1)C(Cc1ccccc1)C(=O)N1CCN(S(=O)(=O)c2ccc3ccccc3c2)CC1. The number of hydrogen-bond donors (Lipinski definition) is 1. The van der Waals surface area contributed by atoms with Crippen LogP contribution in [0.5, 0.6) is 0 Å². The molecule has 5 aromatic rings. The van der Waals surface area contributed by atoms with E-state index in [1.54, 1.807) is 66.7 Å². The topological polar surface area (TPSA) is 121 Å². The van der Waals surface area contributed by atoms with Gasteiger partial charge in [-0.2, -0.15) is 4.31 Å². The highest BCUT2D eigenvalue weighted by Crippen LogP contribution is 2.24. The molecule has 0 aromatic heterocycles. The molecule has 1 fully saturated rings. The first-order valence-corrected chi connectivity index (χ1v) is 17.4. The molecule has 1 unspecified atom stereocenters. The van der Waals surface area contributed by atoms with Gasteiger partial charge in [0.1, 0.15) is 5.92 Å². The number of nitrogens with one attached hydrogen (secondary N) is 1. The van der Waals surface area contributed by atoms with E-state index < -0.39 is 37.8 Å². The van der Waals surface area contributed by atoms with Gasteiger partial charge in [0.25, 0.3) is 10.0 Å². The molecule has 1 N–H and O–H groups in total. The summed E-state index contributed by atoms with van der Waals surface area (Å²) in [4.78, 5) is 28.9. The first kappa shape index (κ1) is 30.4. The standard InChI is InChI=1S/C34H31N3O6S2/c38-33(35-44(40,41)30-16-14-26-10-4-6-12-28(26)23-30)32(22-25-8-2-1-3-9-25)34(39)36-18-20-37(21-19-36)45(42,43)31-17-15-27-11-5-7-13-29(27)24-31/h1-17,23-24,32H,18-22H2,(H,35,38). The third kappa shape index (κ3) is 6.46. The molecule has 0 radical (unpaired) electrons. The Balaban J connectivity index is 1.19. The third-order valence-electron chi connectivity index (χ3n) is 8.07. The van der Waals surface area contributed by atoms with Gasteiger partial charge in [-0.15, -0.1) is 0 Å². The van der Waals surface area contributed by atoms with E-state index in [2.05, 4.69) is 4.72 Å². The van der Waals surface area contributed by atoms with Crippen LogP contribution in [0.15, 0.2) is 125 Å². The number of hydrogen-bond acceptors (Lipinski definition) is 6. The molecule has 2 amide bonds. The van der Waals surface area contributed by atoms with Gasteiger partial charge in [0.05, 0.1) is 9.79 Å². The molecule has 0 saturated carbocycles. The molecule has 45 heavy (non-hydrogen) atoms. The van der Waals surface area contributed by atoms with E-state index in [1.807, 2.05) is 36.4 Å². The van der Waals surface area contributed by atoms with Crippen molar-refractivity contribution >= 4 is 53.4 Å². The Morgan fingerprint density at radius 1 is 0.622 bits per heavy atom. The van der Waals surface area contributed by atoms with Crippen molar-refractivity contribution in [2.45, 2.75) is 16.2 Å². The van der Waals surface area contributed by atoms with Gasteiger partial charge < -0.3 is 4.90 Å². The highest BCUT2D eigenvalue weighted by atomic mass is 32.2. The van der Waals surface area contributed by atoms with Gasteiger partial charge in [-0.3, -0.25) is 9.59 Å². The van der Waals surface area contributed by atoms with Crippen molar-refractivity contribution in [2.75, 3.05) is 26.2 Å². The fourth-order valence-electron chi connectivity index (χ4n) is 5.59. The largest absolute Gasteiger partial charge is 0.339 e. The number of sulfonamides is 2. The molecular formula is C34H31N3O6S2. The summed E-state index contributed by atoms with van der Waals surface area (Å²) in [5, 5.41) is 3.28. The summed E-state index contributed by atoms with van der Waals surface area (Å²) < 4.78 is 56.9. The van der Waals surface area contributed by atoms with Crippen molar-refractivity contribution in [2.24, 2.45) is 5.92 Å². The van der Waals surface area contributed by atoms with Crippen molar-refractivity contribution < 1.29 is 26.4 Å². The van der Waals surface area contributed by atoms with Crippen molar-refractivity contribution in [3.63, 3.8) is 0 Å². The molecule has 1 aliphatic rings. The number of carbonyl (C=O) groups excluding carboxylic acids is 2. The van der Waals surface area contributed by atoms with Gasteiger partial charge in [-0.25, -0.2) is 21.6 Å². The summed E-state index contributed by atoms with van der Waals surface area (Å²) in [6, 6.07) is 33.2. The Bertz CT molecular complexity index is 2110. The van der Waals surface area contributed by atoms with Crippen LogP contribution in [0.3, 0.4) is 0 Å². The predicted molar refractivity (Wildman–Crippen MR) is 172 cm³/mol. The molecule has 11 heteroatoms. The second-order valence-corrected chi connectivity index (χ2v) is 14.6. The van der Waals surface area contributed by atoms with Crippen LogP contribution in [0, 0.1) is 5.92 Å². The molecular weight excluding hydrogens is 611 g/mol. The lowest BCUT2D eigenvalue weighted by Gasteiger charge is -2.35. The second-order valence-electron chi connectivity index (χ2n) is 11.0. The first-order chi connectivity index (χ1) is 21.6. The van der Waals surface area contributed by atoms with Crippen LogP contribution in [0.25, 0.3) is 21.5 Å². The quantitative estimate of drug-likeness (QED) is 0.254. The maximum Gasteiger partial charge on any atom is 0.264 e. The van der Waals surface area contributed by atoms with Crippen LogP contribution in [0.1, 0.15) is 5.56 Å². The molecule has 5 aromatic carbocycles. The minimum Gasteiger partial charge on any atom is -0.339 e. The molecule has 1 aliphatic heterocycles. The summed E-state index contributed by atoms with van der Waals surface area (Å²) in [6.07, 6.45) is -0.0195. The monoisotopic (exact) mass is 641 g/mol. The summed E-state index contributed by atoms with van der Waals surface area (Å²) in [7, 11) is -8.11. The Hall–Kier alpha value is -4.58.